The van der Waals surface area contributed by atoms with Crippen LogP contribution in [0.1, 0.15) is 25.7 Å². The maximum atomic E-state index is 12.4. The third kappa shape index (κ3) is 3.31. The summed E-state index contributed by atoms with van der Waals surface area (Å²) in [5.41, 5.74) is 0. The molecule has 0 unspecified atom stereocenters. The quantitative estimate of drug-likeness (QED) is 0.718. The smallest absolute Gasteiger partial charge is 0.320 e. The Morgan fingerprint density at radius 2 is 1.29 bits per heavy atom. The van der Waals surface area contributed by atoms with Crippen molar-refractivity contribution < 1.29 is 14.3 Å². The predicted molar refractivity (Wildman–Crippen MR) is 77.9 cm³/mol. The van der Waals surface area contributed by atoms with E-state index in [1.807, 2.05) is 14.7 Å². The van der Waals surface area contributed by atoms with E-state index in [0.29, 0.717) is 58.4 Å². The highest BCUT2D eigenvalue weighted by atomic mass is 16.5. The number of ether oxygens (including phenoxy) is 1. The monoisotopic (exact) mass is 295 g/mol. The summed E-state index contributed by atoms with van der Waals surface area (Å²) in [6.07, 6.45) is 4.47. The van der Waals surface area contributed by atoms with E-state index in [2.05, 4.69) is 0 Å². The van der Waals surface area contributed by atoms with Crippen LogP contribution in [-0.4, -0.2) is 79.1 Å². The van der Waals surface area contributed by atoms with E-state index in [9.17, 15) is 9.59 Å². The fraction of sp³-hybridized carbons (Fsp3) is 0.867. The van der Waals surface area contributed by atoms with Crippen LogP contribution in [0.2, 0.25) is 0 Å². The molecular weight excluding hydrogens is 270 g/mol. The number of carbonyl (C=O) groups is 2. The summed E-state index contributed by atoms with van der Waals surface area (Å²) in [5, 5.41) is 0. The fourth-order valence-electron chi connectivity index (χ4n) is 3.50. The minimum atomic E-state index is 0.103. The molecule has 0 atom stereocenters. The van der Waals surface area contributed by atoms with Gasteiger partial charge in [-0.05, 0) is 12.8 Å². The molecular formula is C15H25N3O3. The van der Waals surface area contributed by atoms with Crippen LogP contribution in [0.5, 0.6) is 0 Å². The number of urea groups is 1. The molecule has 3 amide bonds. The third-order valence-corrected chi connectivity index (χ3v) is 4.85. The van der Waals surface area contributed by atoms with Gasteiger partial charge in [0.15, 0.2) is 0 Å². The van der Waals surface area contributed by atoms with E-state index >= 15 is 0 Å². The number of rotatable bonds is 1. The zero-order chi connectivity index (χ0) is 14.7. The van der Waals surface area contributed by atoms with E-state index in [1.54, 1.807) is 0 Å². The molecule has 3 fully saturated rings. The Hall–Kier alpha value is -1.30. The molecule has 0 N–H and O–H groups in total. The Morgan fingerprint density at radius 1 is 0.762 bits per heavy atom. The van der Waals surface area contributed by atoms with Crippen molar-refractivity contribution in [3.8, 4) is 0 Å². The standard InChI is InChI=1S/C15H25N3O3/c19-14(13-3-1-2-4-13)16-5-7-17(8-6-16)15(20)18-9-11-21-12-10-18/h13H,1-12H2. The number of carbonyl (C=O) groups excluding carboxylic acids is 2. The Morgan fingerprint density at radius 3 is 1.90 bits per heavy atom. The zero-order valence-corrected chi connectivity index (χ0v) is 12.6. The van der Waals surface area contributed by atoms with Crippen LogP contribution in [0.4, 0.5) is 4.79 Å². The van der Waals surface area contributed by atoms with E-state index in [1.165, 1.54) is 12.8 Å². The molecule has 0 spiro atoms. The number of hydrogen-bond donors (Lipinski definition) is 0. The van der Waals surface area contributed by atoms with Crippen LogP contribution in [-0.2, 0) is 9.53 Å². The number of piperazine rings is 1. The minimum Gasteiger partial charge on any atom is -0.378 e. The molecule has 3 aliphatic rings. The Bertz CT molecular complexity index is 382. The Labute approximate surface area is 126 Å². The lowest BCUT2D eigenvalue weighted by atomic mass is 10.1. The number of amides is 3. The molecule has 2 saturated heterocycles. The summed E-state index contributed by atoms with van der Waals surface area (Å²) in [6, 6.07) is 0.103. The van der Waals surface area contributed by atoms with Crippen LogP contribution in [0.15, 0.2) is 0 Å². The van der Waals surface area contributed by atoms with Crippen LogP contribution < -0.4 is 0 Å². The topological polar surface area (TPSA) is 53.1 Å². The Kier molecular flexibility index (Phi) is 4.63. The van der Waals surface area contributed by atoms with Crippen molar-refractivity contribution >= 4 is 11.9 Å². The maximum Gasteiger partial charge on any atom is 0.320 e. The van der Waals surface area contributed by atoms with Crippen molar-refractivity contribution in [1.29, 1.82) is 0 Å². The van der Waals surface area contributed by atoms with Crippen LogP contribution in [0.25, 0.3) is 0 Å². The first-order valence-corrected chi connectivity index (χ1v) is 8.16. The highest BCUT2D eigenvalue weighted by Crippen LogP contribution is 2.27. The highest BCUT2D eigenvalue weighted by Gasteiger charge is 2.31. The van der Waals surface area contributed by atoms with Gasteiger partial charge < -0.3 is 19.4 Å². The van der Waals surface area contributed by atoms with E-state index in [-0.39, 0.29) is 11.9 Å². The number of nitrogens with zero attached hydrogens (tertiary/aromatic N) is 3. The van der Waals surface area contributed by atoms with Crippen molar-refractivity contribution in [2.24, 2.45) is 5.92 Å². The van der Waals surface area contributed by atoms with Gasteiger partial charge in [-0.15, -0.1) is 0 Å². The zero-order valence-electron chi connectivity index (χ0n) is 12.6. The van der Waals surface area contributed by atoms with E-state index in [4.69, 9.17) is 4.74 Å². The van der Waals surface area contributed by atoms with Crippen LogP contribution in [0.3, 0.4) is 0 Å². The number of hydrogen-bond acceptors (Lipinski definition) is 3. The lowest BCUT2D eigenvalue weighted by molar-refractivity contribution is -0.136. The molecule has 6 nitrogen and oxygen atoms in total. The lowest BCUT2D eigenvalue weighted by Gasteiger charge is -2.39. The summed E-state index contributed by atoms with van der Waals surface area (Å²) in [4.78, 5) is 30.4. The van der Waals surface area contributed by atoms with Crippen molar-refractivity contribution in [2.45, 2.75) is 25.7 Å². The van der Waals surface area contributed by atoms with Crippen molar-refractivity contribution in [2.75, 3.05) is 52.5 Å². The van der Waals surface area contributed by atoms with Gasteiger partial charge in [-0.3, -0.25) is 4.79 Å². The van der Waals surface area contributed by atoms with Gasteiger partial charge in [-0.2, -0.15) is 0 Å². The summed E-state index contributed by atoms with van der Waals surface area (Å²) in [5.74, 6) is 0.553. The molecule has 2 heterocycles. The fourth-order valence-corrected chi connectivity index (χ4v) is 3.50. The highest BCUT2D eigenvalue weighted by molar-refractivity contribution is 5.80. The molecule has 21 heavy (non-hydrogen) atoms. The van der Waals surface area contributed by atoms with Gasteiger partial charge >= 0.3 is 6.03 Å². The molecule has 1 saturated carbocycles. The van der Waals surface area contributed by atoms with Crippen molar-refractivity contribution in [3.63, 3.8) is 0 Å². The molecule has 0 aromatic carbocycles. The molecule has 0 radical (unpaired) electrons. The maximum absolute atomic E-state index is 12.4. The van der Waals surface area contributed by atoms with Crippen LogP contribution >= 0.6 is 0 Å². The molecule has 2 aliphatic heterocycles. The summed E-state index contributed by atoms with van der Waals surface area (Å²) >= 11 is 0. The first-order chi connectivity index (χ1) is 10.3. The molecule has 1 aliphatic carbocycles. The summed E-state index contributed by atoms with van der Waals surface area (Å²) in [6.45, 7) is 5.32. The summed E-state index contributed by atoms with van der Waals surface area (Å²) in [7, 11) is 0. The molecule has 0 aromatic heterocycles. The summed E-state index contributed by atoms with van der Waals surface area (Å²) < 4.78 is 5.28. The van der Waals surface area contributed by atoms with Gasteiger partial charge in [-0.25, -0.2) is 4.79 Å². The molecule has 0 aromatic rings. The first kappa shape index (κ1) is 14.6. The minimum absolute atomic E-state index is 0.103. The third-order valence-electron chi connectivity index (χ3n) is 4.85. The average Bonchev–Trinajstić information content (AvgIpc) is 3.09. The van der Waals surface area contributed by atoms with Gasteiger partial charge in [-0.1, -0.05) is 12.8 Å². The van der Waals surface area contributed by atoms with Crippen molar-refractivity contribution in [3.05, 3.63) is 0 Å². The lowest BCUT2D eigenvalue weighted by Crippen LogP contribution is -2.56. The van der Waals surface area contributed by atoms with Crippen molar-refractivity contribution in [1.82, 2.24) is 14.7 Å². The number of morpholine rings is 1. The second kappa shape index (κ2) is 6.64. The van der Waals surface area contributed by atoms with Gasteiger partial charge in [0.25, 0.3) is 0 Å². The molecule has 118 valence electrons. The molecule has 0 bridgehead atoms. The largest absolute Gasteiger partial charge is 0.378 e. The first-order valence-electron chi connectivity index (χ1n) is 8.16. The Balaban J connectivity index is 1.48. The molecule has 3 rings (SSSR count). The van der Waals surface area contributed by atoms with Gasteiger partial charge in [0.2, 0.25) is 5.91 Å². The predicted octanol–water partition coefficient (Wildman–Crippen LogP) is 0.773. The second-order valence-corrected chi connectivity index (χ2v) is 6.18. The van der Waals surface area contributed by atoms with E-state index < -0.39 is 0 Å². The normalized spacial score (nSPS) is 24.5. The molecule has 6 heteroatoms. The van der Waals surface area contributed by atoms with Gasteiger partial charge in [0, 0.05) is 45.2 Å². The van der Waals surface area contributed by atoms with E-state index in [0.717, 1.165) is 12.8 Å². The second-order valence-electron chi connectivity index (χ2n) is 6.18. The SMILES string of the molecule is O=C(C1CCCC1)N1CCN(C(=O)N2CCOCC2)CC1. The van der Waals surface area contributed by atoms with Crippen LogP contribution in [0, 0.1) is 5.92 Å². The average molecular weight is 295 g/mol. The van der Waals surface area contributed by atoms with Gasteiger partial charge in [0.1, 0.15) is 0 Å². The van der Waals surface area contributed by atoms with Gasteiger partial charge in [0.05, 0.1) is 13.2 Å².